The summed E-state index contributed by atoms with van der Waals surface area (Å²) in [5.41, 5.74) is 2.37. The summed E-state index contributed by atoms with van der Waals surface area (Å²) in [4.78, 5) is 4.24. The van der Waals surface area contributed by atoms with Crippen LogP contribution >= 0.6 is 0 Å². The third kappa shape index (κ3) is 3.72. The highest BCUT2D eigenvalue weighted by molar-refractivity contribution is 7.89. The van der Waals surface area contributed by atoms with Crippen LogP contribution in [0.25, 0.3) is 11.1 Å². The molecule has 0 amide bonds. The maximum Gasteiger partial charge on any atom is 0.212 e. The van der Waals surface area contributed by atoms with E-state index in [4.69, 9.17) is 4.42 Å². The van der Waals surface area contributed by atoms with Crippen LogP contribution in [0.5, 0.6) is 0 Å². The summed E-state index contributed by atoms with van der Waals surface area (Å²) in [6.45, 7) is 0.0613. The molecule has 0 fully saturated rings. The van der Waals surface area contributed by atoms with E-state index in [0.717, 1.165) is 11.1 Å². The van der Waals surface area contributed by atoms with Crippen molar-refractivity contribution in [3.05, 3.63) is 66.1 Å². The standard InChI is InChI=1S/C16H16N2O3S/c19-22(20,11-10-13-6-2-1-3-7-13)17-12-16-18-14-8-4-5-9-15(14)21-16/h1-9,17H,10-12H2. The lowest BCUT2D eigenvalue weighted by molar-refractivity contribution is 0.513. The predicted octanol–water partition coefficient (Wildman–Crippen LogP) is 2.49. The minimum Gasteiger partial charge on any atom is -0.439 e. The number of sulfonamides is 1. The maximum atomic E-state index is 12.0. The van der Waals surface area contributed by atoms with E-state index in [9.17, 15) is 8.42 Å². The number of rotatable bonds is 6. The minimum absolute atomic E-state index is 0.0389. The number of oxazole rings is 1. The van der Waals surface area contributed by atoms with Crippen molar-refractivity contribution >= 4 is 21.1 Å². The largest absolute Gasteiger partial charge is 0.439 e. The van der Waals surface area contributed by atoms with E-state index in [1.54, 1.807) is 6.07 Å². The van der Waals surface area contributed by atoms with Gasteiger partial charge in [0.15, 0.2) is 5.58 Å². The van der Waals surface area contributed by atoms with Crippen molar-refractivity contribution in [2.24, 2.45) is 0 Å². The van der Waals surface area contributed by atoms with E-state index in [-0.39, 0.29) is 12.3 Å². The van der Waals surface area contributed by atoms with Gasteiger partial charge in [-0.15, -0.1) is 0 Å². The maximum absolute atomic E-state index is 12.0. The predicted molar refractivity (Wildman–Crippen MR) is 84.8 cm³/mol. The molecule has 1 aromatic heterocycles. The van der Waals surface area contributed by atoms with Crippen LogP contribution in [-0.2, 0) is 23.0 Å². The first-order chi connectivity index (χ1) is 10.6. The molecule has 0 bridgehead atoms. The van der Waals surface area contributed by atoms with Crippen LogP contribution in [0.1, 0.15) is 11.5 Å². The molecule has 3 aromatic rings. The van der Waals surface area contributed by atoms with Gasteiger partial charge in [-0.1, -0.05) is 42.5 Å². The first-order valence-electron chi connectivity index (χ1n) is 6.98. The molecule has 22 heavy (non-hydrogen) atoms. The molecule has 0 spiro atoms. The molecule has 1 heterocycles. The first-order valence-corrected chi connectivity index (χ1v) is 8.63. The normalized spacial score (nSPS) is 11.8. The quantitative estimate of drug-likeness (QED) is 0.758. The van der Waals surface area contributed by atoms with Gasteiger partial charge in [-0.2, -0.15) is 0 Å². The van der Waals surface area contributed by atoms with Crippen molar-refractivity contribution in [2.45, 2.75) is 13.0 Å². The molecule has 0 aliphatic heterocycles. The van der Waals surface area contributed by atoms with E-state index in [0.29, 0.717) is 17.9 Å². The summed E-state index contributed by atoms with van der Waals surface area (Å²) >= 11 is 0. The Morgan fingerprint density at radius 3 is 2.50 bits per heavy atom. The molecular weight excluding hydrogens is 300 g/mol. The van der Waals surface area contributed by atoms with Crippen LogP contribution in [0, 0.1) is 0 Å². The second-order valence-electron chi connectivity index (χ2n) is 4.95. The highest BCUT2D eigenvalue weighted by Gasteiger charge is 2.12. The summed E-state index contributed by atoms with van der Waals surface area (Å²) in [5, 5.41) is 0. The Balaban J connectivity index is 1.59. The number of aromatic nitrogens is 1. The van der Waals surface area contributed by atoms with Crippen molar-refractivity contribution < 1.29 is 12.8 Å². The SMILES string of the molecule is O=S(=O)(CCc1ccccc1)NCc1nc2ccccc2o1. The van der Waals surface area contributed by atoms with E-state index in [1.165, 1.54) is 0 Å². The van der Waals surface area contributed by atoms with Gasteiger partial charge in [0.1, 0.15) is 5.52 Å². The third-order valence-corrected chi connectivity index (χ3v) is 4.61. The Bertz CT molecular complexity index is 824. The fraction of sp³-hybridized carbons (Fsp3) is 0.188. The Kier molecular flexibility index (Phi) is 4.22. The fourth-order valence-corrected chi connectivity index (χ4v) is 3.13. The molecule has 0 unspecified atom stereocenters. The van der Waals surface area contributed by atoms with Crippen LogP contribution in [-0.4, -0.2) is 19.2 Å². The number of para-hydroxylation sites is 2. The Morgan fingerprint density at radius 1 is 1.00 bits per heavy atom. The van der Waals surface area contributed by atoms with Gasteiger partial charge in [-0.3, -0.25) is 0 Å². The number of nitrogens with zero attached hydrogens (tertiary/aromatic N) is 1. The van der Waals surface area contributed by atoms with Crippen molar-refractivity contribution in [3.63, 3.8) is 0 Å². The first kappa shape index (κ1) is 14.7. The smallest absolute Gasteiger partial charge is 0.212 e. The number of nitrogens with one attached hydrogen (secondary N) is 1. The van der Waals surface area contributed by atoms with Gasteiger partial charge in [-0.05, 0) is 24.1 Å². The van der Waals surface area contributed by atoms with Crippen LogP contribution in [0.15, 0.2) is 59.0 Å². The van der Waals surface area contributed by atoms with Crippen LogP contribution in [0.2, 0.25) is 0 Å². The molecule has 3 rings (SSSR count). The van der Waals surface area contributed by atoms with Gasteiger partial charge in [0.25, 0.3) is 0 Å². The Labute approximate surface area is 129 Å². The average Bonchev–Trinajstić information content (AvgIpc) is 2.95. The van der Waals surface area contributed by atoms with Crippen molar-refractivity contribution in [2.75, 3.05) is 5.75 Å². The molecule has 0 aliphatic carbocycles. The summed E-state index contributed by atoms with van der Waals surface area (Å²) < 4.78 is 32.0. The number of aryl methyl sites for hydroxylation is 1. The van der Waals surface area contributed by atoms with Crippen molar-refractivity contribution in [1.82, 2.24) is 9.71 Å². The lowest BCUT2D eigenvalue weighted by atomic mass is 10.2. The van der Waals surface area contributed by atoms with Gasteiger partial charge < -0.3 is 4.42 Å². The molecule has 0 atom stereocenters. The second-order valence-corrected chi connectivity index (χ2v) is 6.88. The topological polar surface area (TPSA) is 72.2 Å². The molecule has 6 heteroatoms. The monoisotopic (exact) mass is 316 g/mol. The van der Waals surface area contributed by atoms with Crippen LogP contribution in [0.3, 0.4) is 0 Å². The van der Waals surface area contributed by atoms with E-state index in [2.05, 4.69) is 9.71 Å². The highest BCUT2D eigenvalue weighted by atomic mass is 32.2. The van der Waals surface area contributed by atoms with Crippen LogP contribution in [0.4, 0.5) is 0 Å². The Morgan fingerprint density at radius 2 is 1.73 bits per heavy atom. The van der Waals surface area contributed by atoms with Gasteiger partial charge >= 0.3 is 0 Å². The molecule has 2 aromatic carbocycles. The summed E-state index contributed by atoms with van der Waals surface area (Å²) in [5.74, 6) is 0.404. The van der Waals surface area contributed by atoms with E-state index in [1.807, 2.05) is 48.5 Å². The number of hydrogen-bond donors (Lipinski definition) is 1. The van der Waals surface area contributed by atoms with Crippen molar-refractivity contribution in [1.29, 1.82) is 0 Å². The molecule has 5 nitrogen and oxygen atoms in total. The van der Waals surface area contributed by atoms with Gasteiger partial charge in [0, 0.05) is 0 Å². The zero-order valence-corrected chi connectivity index (χ0v) is 12.7. The molecule has 0 saturated carbocycles. The molecule has 0 radical (unpaired) electrons. The number of hydrogen-bond acceptors (Lipinski definition) is 4. The summed E-state index contributed by atoms with van der Waals surface area (Å²) in [6, 6.07) is 16.9. The average molecular weight is 316 g/mol. The number of benzene rings is 2. The highest BCUT2D eigenvalue weighted by Crippen LogP contribution is 2.14. The minimum atomic E-state index is -3.37. The molecular formula is C16H16N2O3S. The zero-order valence-electron chi connectivity index (χ0n) is 11.9. The zero-order chi connectivity index (χ0) is 15.4. The summed E-state index contributed by atoms with van der Waals surface area (Å²) in [7, 11) is -3.37. The molecule has 114 valence electrons. The number of fused-ring (bicyclic) bond motifs is 1. The second kappa shape index (κ2) is 6.29. The van der Waals surface area contributed by atoms with Gasteiger partial charge in [0.05, 0.1) is 12.3 Å². The summed E-state index contributed by atoms with van der Waals surface area (Å²) in [6.07, 6.45) is 0.476. The third-order valence-electron chi connectivity index (χ3n) is 3.28. The van der Waals surface area contributed by atoms with Gasteiger partial charge in [0.2, 0.25) is 15.9 Å². The van der Waals surface area contributed by atoms with Gasteiger partial charge in [-0.25, -0.2) is 18.1 Å². The lowest BCUT2D eigenvalue weighted by Gasteiger charge is -2.04. The van der Waals surface area contributed by atoms with Crippen molar-refractivity contribution in [3.8, 4) is 0 Å². The van der Waals surface area contributed by atoms with E-state index >= 15 is 0 Å². The molecule has 1 N–H and O–H groups in total. The van der Waals surface area contributed by atoms with E-state index < -0.39 is 10.0 Å². The Hall–Kier alpha value is -2.18. The molecule has 0 saturated heterocycles. The molecule has 0 aliphatic rings. The fourth-order valence-electron chi connectivity index (χ4n) is 2.14. The van der Waals surface area contributed by atoms with Crippen LogP contribution < -0.4 is 4.72 Å². The lowest BCUT2D eigenvalue weighted by Crippen LogP contribution is -2.27.